The SMILES string of the molecule is O=S(=O)(c1cccc2ncccc12)N1CCC(O)C1. The van der Waals surface area contributed by atoms with Crippen molar-refractivity contribution in [1.29, 1.82) is 0 Å². The van der Waals surface area contributed by atoms with Crippen molar-refractivity contribution in [3.8, 4) is 0 Å². The molecular formula is C13H14N2O3S. The monoisotopic (exact) mass is 278 g/mol. The summed E-state index contributed by atoms with van der Waals surface area (Å²) >= 11 is 0. The van der Waals surface area contributed by atoms with E-state index in [9.17, 15) is 13.5 Å². The first-order valence-electron chi connectivity index (χ1n) is 6.11. The van der Waals surface area contributed by atoms with Gasteiger partial charge in [0.2, 0.25) is 10.0 Å². The summed E-state index contributed by atoms with van der Waals surface area (Å²) in [7, 11) is -3.56. The van der Waals surface area contributed by atoms with E-state index < -0.39 is 16.1 Å². The summed E-state index contributed by atoms with van der Waals surface area (Å²) in [4.78, 5) is 4.42. The third kappa shape index (κ3) is 2.11. The van der Waals surface area contributed by atoms with Crippen molar-refractivity contribution in [3.05, 3.63) is 36.5 Å². The summed E-state index contributed by atoms with van der Waals surface area (Å²) in [5.41, 5.74) is 0.656. The van der Waals surface area contributed by atoms with E-state index >= 15 is 0 Å². The van der Waals surface area contributed by atoms with E-state index in [1.807, 2.05) is 0 Å². The molecule has 1 unspecified atom stereocenters. The number of hydrogen-bond donors (Lipinski definition) is 1. The van der Waals surface area contributed by atoms with E-state index in [1.54, 1.807) is 36.5 Å². The highest BCUT2D eigenvalue weighted by Gasteiger charge is 2.32. The number of aromatic nitrogens is 1. The van der Waals surface area contributed by atoms with E-state index in [1.165, 1.54) is 4.31 Å². The van der Waals surface area contributed by atoms with E-state index in [-0.39, 0.29) is 11.4 Å². The molecule has 1 aliphatic rings. The van der Waals surface area contributed by atoms with Gasteiger partial charge in [-0.3, -0.25) is 4.98 Å². The molecule has 1 aromatic carbocycles. The Balaban J connectivity index is 2.14. The molecule has 1 N–H and O–H groups in total. The van der Waals surface area contributed by atoms with Crippen LogP contribution in [0.2, 0.25) is 0 Å². The predicted octanol–water partition coefficient (Wildman–Crippen LogP) is 0.990. The molecule has 1 aliphatic heterocycles. The molecule has 100 valence electrons. The van der Waals surface area contributed by atoms with Crippen LogP contribution >= 0.6 is 0 Å². The lowest BCUT2D eigenvalue weighted by Crippen LogP contribution is -2.29. The van der Waals surface area contributed by atoms with Crippen LogP contribution in [0.25, 0.3) is 10.9 Å². The Labute approximate surface area is 111 Å². The Bertz CT molecular complexity index is 709. The largest absolute Gasteiger partial charge is 0.392 e. The minimum atomic E-state index is -3.56. The molecule has 1 fully saturated rings. The van der Waals surface area contributed by atoms with Gasteiger partial charge in [-0.2, -0.15) is 4.31 Å². The van der Waals surface area contributed by atoms with Crippen LogP contribution in [0, 0.1) is 0 Å². The van der Waals surface area contributed by atoms with Crippen molar-refractivity contribution in [2.45, 2.75) is 17.4 Å². The second-order valence-corrected chi connectivity index (χ2v) is 6.54. The Morgan fingerprint density at radius 3 is 2.84 bits per heavy atom. The maximum absolute atomic E-state index is 12.6. The first kappa shape index (κ1) is 12.5. The fourth-order valence-electron chi connectivity index (χ4n) is 2.37. The van der Waals surface area contributed by atoms with Gasteiger partial charge in [-0.25, -0.2) is 8.42 Å². The summed E-state index contributed by atoms with van der Waals surface area (Å²) < 4.78 is 26.5. The highest BCUT2D eigenvalue weighted by Crippen LogP contribution is 2.26. The Morgan fingerprint density at radius 1 is 1.26 bits per heavy atom. The van der Waals surface area contributed by atoms with Crippen molar-refractivity contribution in [2.24, 2.45) is 0 Å². The molecule has 0 radical (unpaired) electrons. The number of hydrogen-bond acceptors (Lipinski definition) is 4. The van der Waals surface area contributed by atoms with Crippen LogP contribution in [0.4, 0.5) is 0 Å². The third-order valence-electron chi connectivity index (χ3n) is 3.35. The predicted molar refractivity (Wildman–Crippen MR) is 71.1 cm³/mol. The van der Waals surface area contributed by atoms with Crippen molar-refractivity contribution in [2.75, 3.05) is 13.1 Å². The van der Waals surface area contributed by atoms with Crippen molar-refractivity contribution in [3.63, 3.8) is 0 Å². The maximum Gasteiger partial charge on any atom is 0.243 e. The van der Waals surface area contributed by atoms with Gasteiger partial charge in [-0.05, 0) is 30.7 Å². The van der Waals surface area contributed by atoms with Crippen molar-refractivity contribution >= 4 is 20.9 Å². The molecular weight excluding hydrogens is 264 g/mol. The van der Waals surface area contributed by atoms with Crippen LogP contribution in [0.1, 0.15) is 6.42 Å². The zero-order chi connectivity index (χ0) is 13.5. The van der Waals surface area contributed by atoms with Gasteiger partial charge in [0.25, 0.3) is 0 Å². The fourth-order valence-corrected chi connectivity index (χ4v) is 4.06. The molecule has 5 nitrogen and oxygen atoms in total. The molecule has 0 amide bonds. The second-order valence-electron chi connectivity index (χ2n) is 4.63. The number of benzene rings is 1. The van der Waals surface area contributed by atoms with Crippen LogP contribution in [0.3, 0.4) is 0 Å². The number of pyridine rings is 1. The number of nitrogens with zero attached hydrogens (tertiary/aromatic N) is 2. The van der Waals surface area contributed by atoms with Gasteiger partial charge < -0.3 is 5.11 Å². The van der Waals surface area contributed by atoms with Gasteiger partial charge in [-0.1, -0.05) is 6.07 Å². The normalized spacial score (nSPS) is 21.0. The van der Waals surface area contributed by atoms with Gasteiger partial charge >= 0.3 is 0 Å². The zero-order valence-electron chi connectivity index (χ0n) is 10.2. The number of aliphatic hydroxyl groups is 1. The van der Waals surface area contributed by atoms with Gasteiger partial charge in [0.15, 0.2) is 0 Å². The van der Waals surface area contributed by atoms with Gasteiger partial charge in [0.1, 0.15) is 0 Å². The first-order chi connectivity index (χ1) is 9.09. The molecule has 2 aromatic rings. The zero-order valence-corrected chi connectivity index (χ0v) is 11.0. The number of aliphatic hydroxyl groups excluding tert-OH is 1. The molecule has 19 heavy (non-hydrogen) atoms. The molecule has 1 saturated heterocycles. The minimum Gasteiger partial charge on any atom is -0.392 e. The number of fused-ring (bicyclic) bond motifs is 1. The lowest BCUT2D eigenvalue weighted by Gasteiger charge is -2.16. The minimum absolute atomic E-state index is 0.166. The number of sulfonamides is 1. The quantitative estimate of drug-likeness (QED) is 0.889. The Kier molecular flexibility index (Phi) is 3.00. The first-order valence-corrected chi connectivity index (χ1v) is 7.55. The topological polar surface area (TPSA) is 70.5 Å². The Morgan fingerprint density at radius 2 is 2.11 bits per heavy atom. The number of rotatable bonds is 2. The van der Waals surface area contributed by atoms with Gasteiger partial charge in [0.05, 0.1) is 16.5 Å². The highest BCUT2D eigenvalue weighted by atomic mass is 32.2. The number of β-amino-alcohol motifs (C(OH)–C–C–N with tert-alkyl or cyclic N) is 1. The van der Waals surface area contributed by atoms with Crippen LogP contribution in [0.5, 0.6) is 0 Å². The van der Waals surface area contributed by atoms with Crippen LogP contribution in [-0.2, 0) is 10.0 Å². The summed E-state index contributed by atoms with van der Waals surface area (Å²) in [6.07, 6.45) is 1.56. The van der Waals surface area contributed by atoms with E-state index in [0.29, 0.717) is 23.9 Å². The molecule has 2 heterocycles. The summed E-state index contributed by atoms with van der Waals surface area (Å²) in [5, 5.41) is 10.1. The average molecular weight is 278 g/mol. The third-order valence-corrected chi connectivity index (χ3v) is 5.27. The lowest BCUT2D eigenvalue weighted by molar-refractivity contribution is 0.189. The van der Waals surface area contributed by atoms with Crippen molar-refractivity contribution in [1.82, 2.24) is 9.29 Å². The van der Waals surface area contributed by atoms with E-state index in [0.717, 1.165) is 0 Å². The summed E-state index contributed by atoms with van der Waals surface area (Å²) in [6, 6.07) is 8.54. The van der Waals surface area contributed by atoms with Crippen molar-refractivity contribution < 1.29 is 13.5 Å². The van der Waals surface area contributed by atoms with Crippen LogP contribution in [-0.4, -0.2) is 42.0 Å². The smallest absolute Gasteiger partial charge is 0.243 e. The molecule has 0 spiro atoms. The fraction of sp³-hybridized carbons (Fsp3) is 0.308. The van der Waals surface area contributed by atoms with Gasteiger partial charge in [0, 0.05) is 24.7 Å². The molecule has 6 heteroatoms. The standard InChI is InChI=1S/C13H14N2O3S/c16-10-6-8-15(9-10)19(17,18)13-5-1-4-12-11(13)3-2-7-14-12/h1-5,7,10,16H,6,8-9H2. The molecule has 0 aliphatic carbocycles. The second kappa shape index (κ2) is 4.56. The lowest BCUT2D eigenvalue weighted by atomic mass is 10.2. The summed E-state index contributed by atoms with van der Waals surface area (Å²) in [6.45, 7) is 0.527. The van der Waals surface area contributed by atoms with E-state index in [2.05, 4.69) is 4.98 Å². The molecule has 1 atom stereocenters. The van der Waals surface area contributed by atoms with Gasteiger partial charge in [-0.15, -0.1) is 0 Å². The summed E-state index contributed by atoms with van der Waals surface area (Å²) in [5.74, 6) is 0. The van der Waals surface area contributed by atoms with E-state index in [4.69, 9.17) is 0 Å². The molecule has 1 aromatic heterocycles. The Hall–Kier alpha value is -1.50. The maximum atomic E-state index is 12.6. The highest BCUT2D eigenvalue weighted by molar-refractivity contribution is 7.89. The molecule has 0 bridgehead atoms. The average Bonchev–Trinajstić information content (AvgIpc) is 2.85. The van der Waals surface area contributed by atoms with Crippen LogP contribution in [0.15, 0.2) is 41.4 Å². The molecule has 3 rings (SSSR count). The van der Waals surface area contributed by atoms with Crippen LogP contribution < -0.4 is 0 Å². The molecule has 0 saturated carbocycles.